The molecule has 1 aromatic carbocycles. The van der Waals surface area contributed by atoms with Crippen LogP contribution in [0.4, 0.5) is 22.0 Å². The van der Waals surface area contributed by atoms with Crippen LogP contribution in [0.15, 0.2) is 12.1 Å². The summed E-state index contributed by atoms with van der Waals surface area (Å²) in [4.78, 5) is 2.26. The SMILES string of the molecule is CN(CCCCCCCC(F)(F)C(F)(F)F)CCCCCc1cc2c(cc1O)CC[C@@H]1[C@@H]2CC[C@]2(C)[C@@H](O)CC[C@@H]12. The van der Waals surface area contributed by atoms with Crippen molar-refractivity contribution in [2.75, 3.05) is 20.1 Å². The third-order valence-corrected chi connectivity index (χ3v) is 10.8. The third-order valence-electron chi connectivity index (χ3n) is 10.8. The number of fused-ring (bicyclic) bond motifs is 5. The Bertz CT molecular complexity index is 999. The lowest BCUT2D eigenvalue weighted by atomic mass is 9.55. The number of hydrogen-bond donors (Lipinski definition) is 2. The van der Waals surface area contributed by atoms with Gasteiger partial charge in [0.2, 0.25) is 0 Å². The molecule has 3 nitrogen and oxygen atoms in total. The minimum atomic E-state index is -5.45. The predicted octanol–water partition coefficient (Wildman–Crippen LogP) is 8.79. The highest BCUT2D eigenvalue weighted by molar-refractivity contribution is 5.45. The van der Waals surface area contributed by atoms with Gasteiger partial charge in [0.1, 0.15) is 5.75 Å². The van der Waals surface area contributed by atoms with E-state index in [9.17, 15) is 32.2 Å². The fourth-order valence-corrected chi connectivity index (χ4v) is 8.21. The second kappa shape index (κ2) is 13.5. The van der Waals surface area contributed by atoms with Gasteiger partial charge in [-0.05, 0) is 137 Å². The van der Waals surface area contributed by atoms with Crippen molar-refractivity contribution in [1.29, 1.82) is 0 Å². The number of aryl methyl sites for hydroxylation is 2. The molecule has 0 saturated heterocycles. The Hall–Kier alpha value is -1.41. The van der Waals surface area contributed by atoms with Crippen molar-refractivity contribution in [3.05, 3.63) is 28.8 Å². The smallest absolute Gasteiger partial charge is 0.453 e. The predicted molar refractivity (Wildman–Crippen MR) is 152 cm³/mol. The van der Waals surface area contributed by atoms with E-state index in [-0.39, 0.29) is 17.9 Å². The summed E-state index contributed by atoms with van der Waals surface area (Å²) in [7, 11) is 2.06. The van der Waals surface area contributed by atoms with E-state index < -0.39 is 18.5 Å². The lowest BCUT2D eigenvalue weighted by Crippen LogP contribution is -2.43. The molecule has 3 aliphatic carbocycles. The molecule has 2 saturated carbocycles. The average Bonchev–Trinajstić information content (AvgIpc) is 3.21. The maximum absolute atomic E-state index is 12.9. The van der Waals surface area contributed by atoms with Gasteiger partial charge in [0.25, 0.3) is 0 Å². The maximum Gasteiger partial charge on any atom is 0.453 e. The molecule has 0 amide bonds. The number of rotatable bonds is 14. The van der Waals surface area contributed by atoms with Crippen LogP contribution in [0, 0.1) is 17.3 Å². The first kappa shape index (κ1) is 32.5. The Morgan fingerprint density at radius 3 is 2.24 bits per heavy atom. The molecule has 41 heavy (non-hydrogen) atoms. The fraction of sp³-hybridized carbons (Fsp3) is 0.818. The van der Waals surface area contributed by atoms with Gasteiger partial charge in [0.15, 0.2) is 0 Å². The number of aliphatic hydroxyl groups is 1. The van der Waals surface area contributed by atoms with Crippen LogP contribution in [0.25, 0.3) is 0 Å². The Balaban J connectivity index is 1.13. The summed E-state index contributed by atoms with van der Waals surface area (Å²) in [6.45, 7) is 4.16. The molecule has 0 aliphatic heterocycles. The van der Waals surface area contributed by atoms with E-state index in [4.69, 9.17) is 0 Å². The van der Waals surface area contributed by atoms with Gasteiger partial charge in [-0.3, -0.25) is 0 Å². The quantitative estimate of drug-likeness (QED) is 0.169. The van der Waals surface area contributed by atoms with Crippen molar-refractivity contribution in [3.8, 4) is 5.75 Å². The van der Waals surface area contributed by atoms with Crippen molar-refractivity contribution in [3.63, 3.8) is 0 Å². The van der Waals surface area contributed by atoms with Gasteiger partial charge in [-0.1, -0.05) is 38.7 Å². The maximum atomic E-state index is 12.9. The molecule has 1 aromatic rings. The number of unbranched alkanes of at least 4 members (excludes halogenated alkanes) is 6. The van der Waals surface area contributed by atoms with Crippen LogP contribution in [-0.4, -0.2) is 53.5 Å². The van der Waals surface area contributed by atoms with Gasteiger partial charge in [-0.2, -0.15) is 22.0 Å². The molecule has 2 N–H and O–H groups in total. The van der Waals surface area contributed by atoms with Gasteiger partial charge in [0, 0.05) is 6.42 Å². The molecule has 0 unspecified atom stereocenters. The lowest BCUT2D eigenvalue weighted by Gasteiger charge is -2.50. The van der Waals surface area contributed by atoms with Crippen LogP contribution < -0.4 is 0 Å². The van der Waals surface area contributed by atoms with E-state index >= 15 is 0 Å². The number of phenolic OH excluding ortho intramolecular Hbond substituents is 1. The number of phenols is 1. The normalized spacial score (nSPS) is 28.0. The molecular weight excluding hydrogens is 537 g/mol. The second-order valence-electron chi connectivity index (χ2n) is 13.6. The highest BCUT2D eigenvalue weighted by Crippen LogP contribution is 2.61. The van der Waals surface area contributed by atoms with Gasteiger partial charge in [-0.15, -0.1) is 0 Å². The molecule has 3 aliphatic rings. The Morgan fingerprint density at radius 2 is 1.54 bits per heavy atom. The van der Waals surface area contributed by atoms with Crippen molar-refractivity contribution < 1.29 is 32.2 Å². The number of nitrogens with zero attached hydrogens (tertiary/aromatic N) is 1. The minimum absolute atomic E-state index is 0.0750. The van der Waals surface area contributed by atoms with Crippen LogP contribution in [0.1, 0.15) is 119 Å². The van der Waals surface area contributed by atoms with Crippen LogP contribution in [0.5, 0.6) is 5.75 Å². The number of aromatic hydroxyl groups is 1. The first-order valence-corrected chi connectivity index (χ1v) is 16.0. The van der Waals surface area contributed by atoms with Crippen molar-refractivity contribution in [1.82, 2.24) is 4.90 Å². The second-order valence-corrected chi connectivity index (χ2v) is 13.6. The standard InChI is InChI=1S/C33H50F5NO2/c1-31-18-16-25-26(28(31)14-15-30(31)41)13-12-23-22-29(40)24(21-27(23)25)11-7-6-10-20-39(2)19-9-5-3-4-8-17-32(34,35)33(36,37)38/h21-22,25-26,28,30,40-41H,3-20H2,1-2H3/t25-,26+,28-,30-,31-/m0/s1. The van der Waals surface area contributed by atoms with Crippen LogP contribution in [0.2, 0.25) is 0 Å². The van der Waals surface area contributed by atoms with Crippen LogP contribution >= 0.6 is 0 Å². The van der Waals surface area contributed by atoms with E-state index in [2.05, 4.69) is 24.9 Å². The molecule has 0 bridgehead atoms. The summed E-state index contributed by atoms with van der Waals surface area (Å²) in [6, 6.07) is 4.32. The molecule has 234 valence electrons. The Morgan fingerprint density at radius 1 is 0.878 bits per heavy atom. The Labute approximate surface area is 242 Å². The van der Waals surface area contributed by atoms with Crippen molar-refractivity contribution in [2.24, 2.45) is 17.3 Å². The zero-order valence-corrected chi connectivity index (χ0v) is 24.9. The van der Waals surface area contributed by atoms with E-state index in [1.54, 1.807) is 0 Å². The molecule has 0 spiro atoms. The number of alkyl halides is 5. The number of aliphatic hydroxyl groups excluding tert-OH is 1. The molecule has 8 heteroatoms. The summed E-state index contributed by atoms with van der Waals surface area (Å²) in [6.07, 6.45) is 6.49. The molecule has 2 fully saturated rings. The zero-order chi connectivity index (χ0) is 29.8. The summed E-state index contributed by atoms with van der Waals surface area (Å²) in [5.41, 5.74) is 3.90. The van der Waals surface area contributed by atoms with E-state index in [0.717, 1.165) is 95.7 Å². The summed E-state index contributed by atoms with van der Waals surface area (Å²) < 4.78 is 62.5. The van der Waals surface area contributed by atoms with Gasteiger partial charge < -0.3 is 15.1 Å². The highest BCUT2D eigenvalue weighted by Gasteiger charge is 2.56. The van der Waals surface area contributed by atoms with Gasteiger partial charge in [-0.25, -0.2) is 0 Å². The minimum Gasteiger partial charge on any atom is -0.508 e. The number of benzene rings is 1. The van der Waals surface area contributed by atoms with Crippen molar-refractivity contribution >= 4 is 0 Å². The molecular formula is C33H50F5NO2. The summed E-state index contributed by atoms with van der Waals surface area (Å²) in [5.74, 6) is -2.34. The molecule has 0 aromatic heterocycles. The number of hydrogen-bond acceptors (Lipinski definition) is 3. The molecule has 4 rings (SSSR count). The molecule has 0 heterocycles. The average molecular weight is 588 g/mol. The number of halogens is 5. The van der Waals surface area contributed by atoms with Gasteiger partial charge in [0.05, 0.1) is 6.10 Å². The first-order chi connectivity index (χ1) is 19.3. The summed E-state index contributed by atoms with van der Waals surface area (Å²) in [5, 5.41) is 21.4. The molecule has 5 atom stereocenters. The monoisotopic (exact) mass is 587 g/mol. The largest absolute Gasteiger partial charge is 0.508 e. The van der Waals surface area contributed by atoms with E-state index in [1.165, 1.54) is 11.1 Å². The summed E-state index contributed by atoms with van der Waals surface area (Å²) >= 11 is 0. The van der Waals surface area contributed by atoms with Crippen LogP contribution in [-0.2, 0) is 12.8 Å². The van der Waals surface area contributed by atoms with Crippen LogP contribution in [0.3, 0.4) is 0 Å². The highest BCUT2D eigenvalue weighted by atomic mass is 19.4. The third kappa shape index (κ3) is 7.57. The lowest BCUT2D eigenvalue weighted by molar-refractivity contribution is -0.284. The fourth-order valence-electron chi connectivity index (χ4n) is 8.21. The first-order valence-electron chi connectivity index (χ1n) is 16.0. The van der Waals surface area contributed by atoms with E-state index in [1.807, 2.05) is 6.07 Å². The topological polar surface area (TPSA) is 43.7 Å². The van der Waals surface area contributed by atoms with Crippen molar-refractivity contribution in [2.45, 2.75) is 134 Å². The van der Waals surface area contributed by atoms with Gasteiger partial charge >= 0.3 is 12.1 Å². The Kier molecular flexibility index (Phi) is 10.7. The zero-order valence-electron chi connectivity index (χ0n) is 24.9. The van der Waals surface area contributed by atoms with E-state index in [0.29, 0.717) is 36.3 Å². The molecule has 0 radical (unpaired) electrons.